The van der Waals surface area contributed by atoms with Crippen LogP contribution in [0.4, 0.5) is 0 Å². The maximum absolute atomic E-state index is 6.39. The molecule has 2 aromatic heterocycles. The molecule has 2 aromatic rings. The fraction of sp³-hybridized carbons (Fsp3) is 0.533. The number of thiophene rings is 1. The Morgan fingerprint density at radius 3 is 2.76 bits per heavy atom. The number of likely N-dealkylation sites (N-methyl/N-ethyl adjacent to an activating group) is 1. The van der Waals surface area contributed by atoms with Crippen molar-refractivity contribution in [3.63, 3.8) is 0 Å². The van der Waals surface area contributed by atoms with Crippen molar-refractivity contribution in [2.45, 2.75) is 25.9 Å². The summed E-state index contributed by atoms with van der Waals surface area (Å²) >= 11 is 8.22. The second-order valence-electron chi connectivity index (χ2n) is 5.28. The molecule has 0 saturated heterocycles. The van der Waals surface area contributed by atoms with Crippen LogP contribution in [0.3, 0.4) is 0 Å². The molecular weight excluding hydrogens is 304 g/mol. The van der Waals surface area contributed by atoms with E-state index in [0.29, 0.717) is 0 Å². The summed E-state index contributed by atoms with van der Waals surface area (Å²) in [5.74, 6) is 0. The van der Waals surface area contributed by atoms with E-state index in [1.807, 2.05) is 23.1 Å². The molecule has 0 saturated carbocycles. The van der Waals surface area contributed by atoms with Gasteiger partial charge in [0.1, 0.15) is 0 Å². The zero-order valence-electron chi connectivity index (χ0n) is 13.1. The lowest BCUT2D eigenvalue weighted by atomic mass is 10.1. The van der Waals surface area contributed by atoms with Gasteiger partial charge in [-0.3, -0.25) is 4.68 Å². The Balaban J connectivity index is 2.30. The lowest BCUT2D eigenvalue weighted by Gasteiger charge is -2.18. The van der Waals surface area contributed by atoms with Gasteiger partial charge < -0.3 is 10.2 Å². The summed E-state index contributed by atoms with van der Waals surface area (Å²) in [5, 5.41) is 8.53. The number of halogens is 1. The van der Waals surface area contributed by atoms with Crippen molar-refractivity contribution >= 4 is 22.9 Å². The average Bonchev–Trinajstić information content (AvgIpc) is 3.06. The van der Waals surface area contributed by atoms with E-state index in [9.17, 15) is 0 Å². The minimum Gasteiger partial charge on any atom is -0.308 e. The summed E-state index contributed by atoms with van der Waals surface area (Å²) in [6.45, 7) is 3.95. The Morgan fingerprint density at radius 1 is 1.43 bits per heavy atom. The SMILES string of the molecule is CCc1ccc(C(NC)c2c(Cl)cnn2CCN(C)C)s1. The normalized spacial score (nSPS) is 13.0. The number of aromatic nitrogens is 2. The number of nitrogens with zero attached hydrogens (tertiary/aromatic N) is 3. The summed E-state index contributed by atoms with van der Waals surface area (Å²) in [6, 6.07) is 4.47. The van der Waals surface area contributed by atoms with Gasteiger partial charge in [0.25, 0.3) is 0 Å². The van der Waals surface area contributed by atoms with Crippen molar-refractivity contribution in [2.24, 2.45) is 0 Å². The monoisotopic (exact) mass is 326 g/mol. The summed E-state index contributed by atoms with van der Waals surface area (Å²) in [6.07, 6.45) is 2.81. The van der Waals surface area contributed by atoms with Crippen LogP contribution >= 0.6 is 22.9 Å². The molecule has 0 aromatic carbocycles. The Morgan fingerprint density at radius 2 is 2.19 bits per heavy atom. The second kappa shape index (κ2) is 7.40. The molecule has 116 valence electrons. The third-order valence-electron chi connectivity index (χ3n) is 3.47. The molecule has 21 heavy (non-hydrogen) atoms. The van der Waals surface area contributed by atoms with Gasteiger partial charge in [0.2, 0.25) is 0 Å². The molecule has 1 N–H and O–H groups in total. The van der Waals surface area contributed by atoms with Crippen LogP contribution in [0, 0.1) is 0 Å². The van der Waals surface area contributed by atoms with Crippen LogP contribution in [-0.4, -0.2) is 42.4 Å². The Hall–Kier alpha value is -0.880. The highest BCUT2D eigenvalue weighted by Gasteiger charge is 2.22. The van der Waals surface area contributed by atoms with Gasteiger partial charge in [-0.25, -0.2) is 0 Å². The van der Waals surface area contributed by atoms with E-state index < -0.39 is 0 Å². The van der Waals surface area contributed by atoms with Gasteiger partial charge in [0.15, 0.2) is 0 Å². The van der Waals surface area contributed by atoms with Crippen molar-refractivity contribution in [3.8, 4) is 0 Å². The summed E-state index contributed by atoms with van der Waals surface area (Å²) in [4.78, 5) is 4.82. The Labute approximate surface area is 135 Å². The van der Waals surface area contributed by atoms with Gasteiger partial charge in [-0.2, -0.15) is 5.10 Å². The maximum atomic E-state index is 6.39. The van der Waals surface area contributed by atoms with Gasteiger partial charge in [-0.15, -0.1) is 11.3 Å². The summed E-state index contributed by atoms with van der Waals surface area (Å²) in [5.41, 5.74) is 1.05. The first-order chi connectivity index (χ1) is 10.1. The predicted octanol–water partition coefficient (Wildman–Crippen LogP) is 3.03. The van der Waals surface area contributed by atoms with Crippen molar-refractivity contribution in [1.29, 1.82) is 0 Å². The Kier molecular flexibility index (Phi) is 5.81. The predicted molar refractivity (Wildman–Crippen MR) is 90.4 cm³/mol. The lowest BCUT2D eigenvalue weighted by molar-refractivity contribution is 0.366. The topological polar surface area (TPSA) is 33.1 Å². The summed E-state index contributed by atoms with van der Waals surface area (Å²) < 4.78 is 2.01. The van der Waals surface area contributed by atoms with Crippen molar-refractivity contribution in [1.82, 2.24) is 20.0 Å². The van der Waals surface area contributed by atoms with Crippen LogP contribution in [0.5, 0.6) is 0 Å². The van der Waals surface area contributed by atoms with E-state index in [1.54, 1.807) is 6.20 Å². The fourth-order valence-electron chi connectivity index (χ4n) is 2.29. The molecule has 1 unspecified atom stereocenters. The summed E-state index contributed by atoms with van der Waals surface area (Å²) in [7, 11) is 6.09. The van der Waals surface area contributed by atoms with Crippen molar-refractivity contribution in [2.75, 3.05) is 27.7 Å². The van der Waals surface area contributed by atoms with Gasteiger partial charge in [0.05, 0.1) is 29.5 Å². The molecule has 0 amide bonds. The van der Waals surface area contributed by atoms with Crippen molar-refractivity contribution < 1.29 is 0 Å². The van der Waals surface area contributed by atoms with E-state index in [4.69, 9.17) is 11.6 Å². The molecule has 0 aliphatic rings. The Bertz CT molecular complexity index is 576. The number of nitrogens with one attached hydrogen (secondary N) is 1. The number of rotatable bonds is 7. The lowest BCUT2D eigenvalue weighted by Crippen LogP contribution is -2.25. The number of aryl methyl sites for hydroxylation is 1. The third kappa shape index (κ3) is 3.86. The smallest absolute Gasteiger partial charge is 0.0854 e. The first-order valence-electron chi connectivity index (χ1n) is 7.18. The van der Waals surface area contributed by atoms with Crippen LogP contribution in [-0.2, 0) is 13.0 Å². The van der Waals surface area contributed by atoms with E-state index in [2.05, 4.69) is 48.5 Å². The van der Waals surface area contributed by atoms with Crippen molar-refractivity contribution in [3.05, 3.63) is 38.8 Å². The second-order valence-corrected chi connectivity index (χ2v) is 6.89. The molecule has 4 nitrogen and oxygen atoms in total. The molecule has 0 radical (unpaired) electrons. The molecule has 2 rings (SSSR count). The van der Waals surface area contributed by atoms with Crippen LogP contribution in [0.25, 0.3) is 0 Å². The molecule has 0 aliphatic heterocycles. The average molecular weight is 327 g/mol. The minimum atomic E-state index is 0.0902. The van der Waals surface area contributed by atoms with Crippen LogP contribution in [0.1, 0.15) is 28.4 Å². The zero-order valence-corrected chi connectivity index (χ0v) is 14.6. The minimum absolute atomic E-state index is 0.0902. The molecule has 2 heterocycles. The maximum Gasteiger partial charge on any atom is 0.0854 e. The fourth-order valence-corrected chi connectivity index (χ4v) is 3.60. The molecular formula is C15H23ClN4S. The van der Waals surface area contributed by atoms with Crippen LogP contribution in [0.15, 0.2) is 18.3 Å². The highest BCUT2D eigenvalue weighted by molar-refractivity contribution is 7.12. The van der Waals surface area contributed by atoms with Gasteiger partial charge in [0, 0.05) is 16.3 Å². The molecule has 0 spiro atoms. The quantitative estimate of drug-likeness (QED) is 0.849. The van der Waals surface area contributed by atoms with Crippen LogP contribution < -0.4 is 5.32 Å². The first-order valence-corrected chi connectivity index (χ1v) is 8.38. The van der Waals surface area contributed by atoms with Gasteiger partial charge in [-0.05, 0) is 39.7 Å². The van der Waals surface area contributed by atoms with E-state index in [1.165, 1.54) is 9.75 Å². The largest absolute Gasteiger partial charge is 0.308 e. The van der Waals surface area contributed by atoms with E-state index in [-0.39, 0.29) is 6.04 Å². The third-order valence-corrected chi connectivity index (χ3v) is 5.06. The van der Waals surface area contributed by atoms with Gasteiger partial charge >= 0.3 is 0 Å². The number of hydrogen-bond donors (Lipinski definition) is 1. The molecule has 0 bridgehead atoms. The zero-order chi connectivity index (χ0) is 15.4. The molecule has 0 aliphatic carbocycles. The van der Waals surface area contributed by atoms with E-state index in [0.717, 1.165) is 30.2 Å². The highest BCUT2D eigenvalue weighted by atomic mass is 35.5. The first kappa shape index (κ1) is 16.5. The number of hydrogen-bond acceptors (Lipinski definition) is 4. The van der Waals surface area contributed by atoms with E-state index >= 15 is 0 Å². The molecule has 0 fully saturated rings. The van der Waals surface area contributed by atoms with Gasteiger partial charge in [-0.1, -0.05) is 18.5 Å². The molecule has 1 atom stereocenters. The standard InChI is InChI=1S/C15H23ClN4S/c1-5-11-6-7-13(21-11)14(17-2)15-12(16)10-18-20(15)9-8-19(3)4/h6-7,10,14,17H,5,8-9H2,1-4H3. The molecule has 6 heteroatoms. The highest BCUT2D eigenvalue weighted by Crippen LogP contribution is 2.32. The van der Waals surface area contributed by atoms with Crippen LogP contribution in [0.2, 0.25) is 5.02 Å².